The Bertz CT molecular complexity index is 808. The van der Waals surface area contributed by atoms with Gasteiger partial charge in [-0.3, -0.25) is 0 Å². The topological polar surface area (TPSA) is 28.3 Å². The number of nitrogens with zero attached hydrogens (tertiary/aromatic N) is 1. The quantitative estimate of drug-likeness (QED) is 0.631. The number of benzene rings is 2. The van der Waals surface area contributed by atoms with Crippen molar-refractivity contribution in [2.75, 3.05) is 20.1 Å². The van der Waals surface area contributed by atoms with E-state index in [1.54, 1.807) is 0 Å². The number of nitrogens with one attached hydrogen (secondary N) is 1. The van der Waals surface area contributed by atoms with Gasteiger partial charge in [0, 0.05) is 18.1 Å². The van der Waals surface area contributed by atoms with Crippen molar-refractivity contribution in [2.24, 2.45) is 0 Å². The van der Waals surface area contributed by atoms with Crippen molar-refractivity contribution >= 4 is 10.9 Å². The first-order valence-electron chi connectivity index (χ1n) is 9.14. The molecule has 0 saturated carbocycles. The molecule has 0 aliphatic carbocycles. The molecule has 3 rings (SSSR count). The zero-order valence-corrected chi connectivity index (χ0v) is 15.5. The van der Waals surface area contributed by atoms with Crippen molar-refractivity contribution in [1.82, 2.24) is 9.88 Å². The Morgan fingerprint density at radius 2 is 1.84 bits per heavy atom. The van der Waals surface area contributed by atoms with Crippen LogP contribution in [0, 0.1) is 6.92 Å². The van der Waals surface area contributed by atoms with Crippen LogP contribution in [0.15, 0.2) is 48.7 Å². The van der Waals surface area contributed by atoms with E-state index >= 15 is 0 Å². The van der Waals surface area contributed by atoms with Gasteiger partial charge in [-0.05, 0) is 56.1 Å². The number of fused-ring (bicyclic) bond motifs is 1. The van der Waals surface area contributed by atoms with Crippen LogP contribution in [0.5, 0.6) is 5.75 Å². The van der Waals surface area contributed by atoms with E-state index in [2.05, 4.69) is 73.4 Å². The Morgan fingerprint density at radius 3 is 2.60 bits per heavy atom. The normalized spacial score (nSPS) is 11.4. The summed E-state index contributed by atoms with van der Waals surface area (Å²) >= 11 is 0. The van der Waals surface area contributed by atoms with Crippen LogP contribution in [0.25, 0.3) is 10.9 Å². The van der Waals surface area contributed by atoms with Gasteiger partial charge >= 0.3 is 0 Å². The van der Waals surface area contributed by atoms with Crippen LogP contribution < -0.4 is 4.74 Å². The van der Waals surface area contributed by atoms with E-state index in [-0.39, 0.29) is 0 Å². The fraction of sp³-hybridized carbons (Fsp3) is 0.364. The number of aromatic nitrogens is 1. The van der Waals surface area contributed by atoms with Crippen molar-refractivity contribution in [3.8, 4) is 5.75 Å². The molecule has 0 unspecified atom stereocenters. The molecular weight excluding hydrogens is 308 g/mol. The lowest BCUT2D eigenvalue weighted by Gasteiger charge is -2.15. The van der Waals surface area contributed by atoms with Crippen LogP contribution in [0.3, 0.4) is 0 Å². The lowest BCUT2D eigenvalue weighted by atomic mass is 10.1. The second-order valence-electron chi connectivity index (χ2n) is 6.77. The molecule has 0 spiro atoms. The number of likely N-dealkylation sites (N-methyl/N-ethyl adjacent to an activating group) is 1. The summed E-state index contributed by atoms with van der Waals surface area (Å²) in [6.07, 6.45) is 4.36. The van der Waals surface area contributed by atoms with Gasteiger partial charge in [-0.25, -0.2) is 0 Å². The van der Waals surface area contributed by atoms with Crippen LogP contribution in [-0.4, -0.2) is 30.0 Å². The molecule has 0 radical (unpaired) electrons. The van der Waals surface area contributed by atoms with Crippen molar-refractivity contribution in [2.45, 2.75) is 33.3 Å². The zero-order chi connectivity index (χ0) is 17.6. The first kappa shape index (κ1) is 17.6. The molecule has 1 N–H and O–H groups in total. The van der Waals surface area contributed by atoms with E-state index in [0.717, 1.165) is 25.3 Å². The summed E-state index contributed by atoms with van der Waals surface area (Å²) in [5.41, 5.74) is 4.98. The third-order valence-electron chi connectivity index (χ3n) is 4.69. The molecule has 0 fully saturated rings. The molecule has 3 aromatic rings. The molecular formula is C22H28N2O. The van der Waals surface area contributed by atoms with Crippen LogP contribution >= 0.6 is 0 Å². The fourth-order valence-corrected chi connectivity index (χ4v) is 3.28. The first-order chi connectivity index (χ1) is 12.2. The minimum absolute atomic E-state index is 0.597. The summed E-state index contributed by atoms with van der Waals surface area (Å²) in [6.45, 7) is 7.17. The highest BCUT2D eigenvalue weighted by molar-refractivity contribution is 5.91. The van der Waals surface area contributed by atoms with E-state index in [1.807, 2.05) is 6.07 Å². The third-order valence-corrected chi connectivity index (χ3v) is 4.69. The van der Waals surface area contributed by atoms with E-state index in [4.69, 9.17) is 4.74 Å². The van der Waals surface area contributed by atoms with Gasteiger partial charge < -0.3 is 14.6 Å². The van der Waals surface area contributed by atoms with Crippen molar-refractivity contribution in [3.63, 3.8) is 0 Å². The Balaban J connectivity index is 1.82. The summed E-state index contributed by atoms with van der Waals surface area (Å²) in [6, 6.07) is 14.6. The minimum Gasteiger partial charge on any atom is -0.488 e. The van der Waals surface area contributed by atoms with Crippen LogP contribution in [0.4, 0.5) is 0 Å². The van der Waals surface area contributed by atoms with Crippen LogP contribution in [0.2, 0.25) is 0 Å². The largest absolute Gasteiger partial charge is 0.488 e. The molecule has 132 valence electrons. The molecule has 0 saturated heterocycles. The number of ether oxygens (including phenoxy) is 1. The lowest BCUT2D eigenvalue weighted by Crippen LogP contribution is -2.21. The summed E-state index contributed by atoms with van der Waals surface area (Å²) in [7, 11) is 2.19. The monoisotopic (exact) mass is 336 g/mol. The standard InChI is InChI=1S/C22H28N2O/c1-4-13-24(3)14-12-19-15-23-22-17(2)10-11-20(21(19)22)25-16-18-8-6-5-7-9-18/h5-11,15,23H,4,12-14,16H2,1-3H3. The average Bonchev–Trinajstić information content (AvgIpc) is 3.06. The van der Waals surface area contributed by atoms with Crippen LogP contribution in [0.1, 0.15) is 30.0 Å². The Morgan fingerprint density at radius 1 is 1.04 bits per heavy atom. The fourth-order valence-electron chi connectivity index (χ4n) is 3.28. The second kappa shape index (κ2) is 8.21. The summed E-state index contributed by atoms with van der Waals surface area (Å²) in [5.74, 6) is 0.971. The third kappa shape index (κ3) is 4.23. The number of H-pyrrole nitrogens is 1. The molecule has 2 aromatic carbocycles. The van der Waals surface area contributed by atoms with Crippen molar-refractivity contribution in [3.05, 3.63) is 65.4 Å². The Labute approximate surface area is 150 Å². The van der Waals surface area contributed by atoms with Gasteiger partial charge in [0.1, 0.15) is 12.4 Å². The number of hydrogen-bond donors (Lipinski definition) is 1. The molecule has 1 aromatic heterocycles. The number of aryl methyl sites for hydroxylation is 1. The molecule has 0 atom stereocenters. The van der Waals surface area contributed by atoms with E-state index in [1.165, 1.54) is 34.0 Å². The highest BCUT2D eigenvalue weighted by Crippen LogP contribution is 2.32. The van der Waals surface area contributed by atoms with Gasteiger partial charge in [-0.15, -0.1) is 0 Å². The summed E-state index contributed by atoms with van der Waals surface area (Å²) in [4.78, 5) is 5.84. The van der Waals surface area contributed by atoms with Crippen molar-refractivity contribution < 1.29 is 4.74 Å². The molecule has 3 heteroatoms. The van der Waals surface area contributed by atoms with Gasteiger partial charge in [0.2, 0.25) is 0 Å². The van der Waals surface area contributed by atoms with E-state index < -0.39 is 0 Å². The maximum absolute atomic E-state index is 6.18. The van der Waals surface area contributed by atoms with Crippen molar-refractivity contribution in [1.29, 1.82) is 0 Å². The maximum atomic E-state index is 6.18. The summed E-state index contributed by atoms with van der Waals surface area (Å²) in [5, 5.41) is 1.24. The number of aromatic amines is 1. The maximum Gasteiger partial charge on any atom is 0.129 e. The predicted octanol–water partition coefficient (Wildman–Crippen LogP) is 4.94. The molecule has 3 nitrogen and oxygen atoms in total. The summed E-state index contributed by atoms with van der Waals surface area (Å²) < 4.78 is 6.18. The Hall–Kier alpha value is -2.26. The molecule has 0 amide bonds. The highest BCUT2D eigenvalue weighted by Gasteiger charge is 2.12. The molecule has 0 aliphatic heterocycles. The number of hydrogen-bond acceptors (Lipinski definition) is 2. The SMILES string of the molecule is CCCN(C)CCc1c[nH]c2c(C)ccc(OCc3ccccc3)c12. The predicted molar refractivity (Wildman–Crippen MR) is 105 cm³/mol. The second-order valence-corrected chi connectivity index (χ2v) is 6.77. The molecule has 25 heavy (non-hydrogen) atoms. The lowest BCUT2D eigenvalue weighted by molar-refractivity contribution is 0.309. The highest BCUT2D eigenvalue weighted by atomic mass is 16.5. The first-order valence-corrected chi connectivity index (χ1v) is 9.14. The minimum atomic E-state index is 0.597. The van der Waals surface area contributed by atoms with Crippen LogP contribution in [-0.2, 0) is 13.0 Å². The van der Waals surface area contributed by atoms with Gasteiger partial charge in [0.05, 0.1) is 5.52 Å². The molecule has 0 aliphatic rings. The Kier molecular flexibility index (Phi) is 5.77. The molecule has 0 bridgehead atoms. The zero-order valence-electron chi connectivity index (χ0n) is 15.5. The smallest absolute Gasteiger partial charge is 0.129 e. The van der Waals surface area contributed by atoms with Gasteiger partial charge in [0.25, 0.3) is 0 Å². The van der Waals surface area contributed by atoms with E-state index in [0.29, 0.717) is 6.61 Å². The van der Waals surface area contributed by atoms with Gasteiger partial charge in [-0.1, -0.05) is 43.3 Å². The molecule has 1 heterocycles. The number of rotatable bonds is 8. The van der Waals surface area contributed by atoms with Gasteiger partial charge in [0.15, 0.2) is 0 Å². The van der Waals surface area contributed by atoms with E-state index in [9.17, 15) is 0 Å². The average molecular weight is 336 g/mol. The van der Waals surface area contributed by atoms with Gasteiger partial charge in [-0.2, -0.15) is 0 Å².